The summed E-state index contributed by atoms with van der Waals surface area (Å²) in [5.74, 6) is -1.46. The fourth-order valence-electron chi connectivity index (χ4n) is 2.82. The predicted octanol–water partition coefficient (Wildman–Crippen LogP) is 3.11. The summed E-state index contributed by atoms with van der Waals surface area (Å²) in [6.07, 6.45) is 0.216. The zero-order valence-corrected chi connectivity index (χ0v) is 15.4. The van der Waals surface area contributed by atoms with Crippen molar-refractivity contribution in [3.8, 4) is 0 Å². The molecule has 0 saturated carbocycles. The third-order valence-corrected chi connectivity index (χ3v) is 4.32. The van der Waals surface area contributed by atoms with Crippen molar-refractivity contribution in [1.82, 2.24) is 10.2 Å². The number of carboxylic acid groups (broad SMARTS) is 1. The molecule has 1 aromatic carbocycles. The van der Waals surface area contributed by atoms with Crippen molar-refractivity contribution in [2.45, 2.75) is 32.7 Å². The molecule has 0 spiro atoms. The smallest absolute Gasteiger partial charge is 0.338 e. The highest BCUT2D eigenvalue weighted by molar-refractivity contribution is 6.30. The molecule has 26 heavy (non-hydrogen) atoms. The maximum absolute atomic E-state index is 12.5. The van der Waals surface area contributed by atoms with Gasteiger partial charge in [0.25, 0.3) is 0 Å². The van der Waals surface area contributed by atoms with E-state index in [2.05, 4.69) is 5.32 Å². The van der Waals surface area contributed by atoms with E-state index in [1.807, 2.05) is 0 Å². The molecule has 1 aliphatic heterocycles. The lowest BCUT2D eigenvalue weighted by Gasteiger charge is -2.35. The Morgan fingerprint density at radius 3 is 2.54 bits per heavy atom. The van der Waals surface area contributed by atoms with Crippen molar-refractivity contribution in [3.05, 3.63) is 46.1 Å². The van der Waals surface area contributed by atoms with Crippen LogP contribution in [-0.2, 0) is 14.3 Å². The molecule has 2 rings (SSSR count). The summed E-state index contributed by atoms with van der Waals surface area (Å²) in [5.41, 5.74) is 1.48. The van der Waals surface area contributed by atoms with Crippen LogP contribution >= 0.6 is 11.6 Å². The van der Waals surface area contributed by atoms with Crippen molar-refractivity contribution < 1.29 is 24.2 Å². The Labute approximate surface area is 156 Å². The quantitative estimate of drug-likeness (QED) is 0.708. The molecular formula is C18H21ClN2O5. The zero-order valence-electron chi connectivity index (χ0n) is 14.6. The largest absolute Gasteiger partial charge is 0.481 e. The highest BCUT2D eigenvalue weighted by atomic mass is 35.5. The van der Waals surface area contributed by atoms with Gasteiger partial charge in [-0.05, 0) is 38.0 Å². The molecule has 7 nitrogen and oxygen atoms in total. The average molecular weight is 381 g/mol. The second-order valence-corrected chi connectivity index (χ2v) is 6.24. The van der Waals surface area contributed by atoms with Gasteiger partial charge in [-0.15, -0.1) is 0 Å². The minimum absolute atomic E-state index is 0.0631. The molecule has 0 unspecified atom stereocenters. The van der Waals surface area contributed by atoms with Crippen LogP contribution in [0, 0.1) is 0 Å². The summed E-state index contributed by atoms with van der Waals surface area (Å²) >= 11 is 5.92. The van der Waals surface area contributed by atoms with Crippen LogP contribution in [0.3, 0.4) is 0 Å². The summed E-state index contributed by atoms with van der Waals surface area (Å²) in [6, 6.07) is 5.79. The van der Waals surface area contributed by atoms with Gasteiger partial charge in [0.1, 0.15) is 0 Å². The first kappa shape index (κ1) is 19.8. The van der Waals surface area contributed by atoms with Crippen molar-refractivity contribution in [2.75, 3.05) is 13.2 Å². The van der Waals surface area contributed by atoms with Crippen LogP contribution in [0.25, 0.3) is 0 Å². The summed E-state index contributed by atoms with van der Waals surface area (Å²) < 4.78 is 5.16. The first-order chi connectivity index (χ1) is 12.3. The third-order valence-electron chi connectivity index (χ3n) is 4.07. The molecule has 1 aromatic rings. The number of nitrogens with zero attached hydrogens (tertiary/aromatic N) is 1. The van der Waals surface area contributed by atoms with Crippen molar-refractivity contribution in [3.63, 3.8) is 0 Å². The van der Waals surface area contributed by atoms with E-state index < -0.39 is 18.0 Å². The predicted molar refractivity (Wildman–Crippen MR) is 95.6 cm³/mol. The third kappa shape index (κ3) is 4.54. The van der Waals surface area contributed by atoms with E-state index >= 15 is 0 Å². The van der Waals surface area contributed by atoms with Gasteiger partial charge >= 0.3 is 18.0 Å². The van der Waals surface area contributed by atoms with Crippen LogP contribution in [0.4, 0.5) is 4.79 Å². The van der Waals surface area contributed by atoms with Gasteiger partial charge in [0, 0.05) is 23.7 Å². The number of rotatable bonds is 7. The highest BCUT2D eigenvalue weighted by Crippen LogP contribution is 2.32. The van der Waals surface area contributed by atoms with Crippen LogP contribution in [-0.4, -0.2) is 41.1 Å². The molecule has 1 aliphatic rings. The lowest BCUT2D eigenvalue weighted by atomic mass is 9.95. The number of nitrogens with one attached hydrogen (secondary N) is 1. The van der Waals surface area contributed by atoms with E-state index in [1.54, 1.807) is 38.1 Å². The Kier molecular flexibility index (Phi) is 6.63. The molecule has 0 aliphatic carbocycles. The molecule has 2 N–H and O–H groups in total. The number of amides is 2. The van der Waals surface area contributed by atoms with E-state index in [1.165, 1.54) is 4.90 Å². The Balaban J connectivity index is 2.38. The maximum atomic E-state index is 12.5. The van der Waals surface area contributed by atoms with E-state index in [0.717, 1.165) is 0 Å². The van der Waals surface area contributed by atoms with Gasteiger partial charge in [-0.2, -0.15) is 0 Å². The maximum Gasteiger partial charge on any atom is 0.338 e. The molecule has 2 amide bonds. The van der Waals surface area contributed by atoms with Crippen molar-refractivity contribution >= 4 is 29.6 Å². The Morgan fingerprint density at radius 2 is 1.96 bits per heavy atom. The number of benzene rings is 1. The minimum Gasteiger partial charge on any atom is -0.481 e. The lowest BCUT2D eigenvalue weighted by molar-refractivity contribution is -0.139. The van der Waals surface area contributed by atoms with Crippen LogP contribution < -0.4 is 5.32 Å². The van der Waals surface area contributed by atoms with Gasteiger partial charge in [0.15, 0.2) is 0 Å². The molecule has 8 heteroatoms. The fourth-order valence-corrected chi connectivity index (χ4v) is 2.94. The molecule has 1 atom stereocenters. The first-order valence-corrected chi connectivity index (χ1v) is 8.66. The molecule has 0 fully saturated rings. The molecule has 0 radical (unpaired) electrons. The average Bonchev–Trinajstić information content (AvgIpc) is 2.58. The molecule has 0 bridgehead atoms. The second kappa shape index (κ2) is 8.71. The summed E-state index contributed by atoms with van der Waals surface area (Å²) in [7, 11) is 0. The standard InChI is InChI=1S/C18H21ClN2O5/c1-3-26-17(24)15-11(2)21(10-4-5-14(22)23)18(25)20-16(15)12-6-8-13(19)9-7-12/h6-9,16H,3-5,10H2,1-2H3,(H,20,25)(H,22,23)/t16-/m0/s1. The van der Waals surface area contributed by atoms with Gasteiger partial charge in [-0.1, -0.05) is 23.7 Å². The Bertz CT molecular complexity index is 730. The molecular weight excluding hydrogens is 360 g/mol. The van der Waals surface area contributed by atoms with Crippen molar-refractivity contribution in [2.24, 2.45) is 0 Å². The number of hydrogen-bond acceptors (Lipinski definition) is 4. The van der Waals surface area contributed by atoms with Gasteiger partial charge in [0.05, 0.1) is 18.2 Å². The Morgan fingerprint density at radius 1 is 1.31 bits per heavy atom. The number of urea groups is 1. The minimum atomic E-state index is -0.936. The van der Waals surface area contributed by atoms with Gasteiger partial charge in [0.2, 0.25) is 0 Å². The van der Waals surface area contributed by atoms with Crippen LogP contribution in [0.1, 0.15) is 38.3 Å². The molecule has 1 heterocycles. The van der Waals surface area contributed by atoms with Gasteiger partial charge in [-0.25, -0.2) is 9.59 Å². The molecule has 0 saturated heterocycles. The van der Waals surface area contributed by atoms with Crippen LogP contribution in [0.5, 0.6) is 0 Å². The number of halogens is 1. The molecule has 0 aromatic heterocycles. The van der Waals surface area contributed by atoms with E-state index in [-0.39, 0.29) is 32.0 Å². The lowest BCUT2D eigenvalue weighted by Crippen LogP contribution is -2.48. The first-order valence-electron chi connectivity index (χ1n) is 8.28. The Hall–Kier alpha value is -2.54. The van der Waals surface area contributed by atoms with E-state index in [4.69, 9.17) is 21.4 Å². The number of aliphatic carboxylic acids is 1. The molecule has 140 valence electrons. The SMILES string of the molecule is CCOC(=O)C1=C(C)N(CCCC(=O)O)C(=O)N[C@H]1c1ccc(Cl)cc1. The highest BCUT2D eigenvalue weighted by Gasteiger charge is 2.36. The number of esters is 1. The number of allylic oxidation sites excluding steroid dienone is 1. The summed E-state index contributed by atoms with van der Waals surface area (Å²) in [4.78, 5) is 37.1. The van der Waals surface area contributed by atoms with Crippen LogP contribution in [0.15, 0.2) is 35.5 Å². The summed E-state index contributed by atoms with van der Waals surface area (Å²) in [5, 5.41) is 12.1. The van der Waals surface area contributed by atoms with Crippen LogP contribution in [0.2, 0.25) is 5.02 Å². The fraction of sp³-hybridized carbons (Fsp3) is 0.389. The number of carbonyl (C=O) groups is 3. The number of ether oxygens (including phenoxy) is 1. The normalized spacial score (nSPS) is 17.1. The number of carbonyl (C=O) groups excluding carboxylic acids is 2. The van der Waals surface area contributed by atoms with E-state index in [0.29, 0.717) is 21.9 Å². The summed E-state index contributed by atoms with van der Waals surface area (Å²) in [6.45, 7) is 3.77. The number of carboxylic acids is 1. The second-order valence-electron chi connectivity index (χ2n) is 5.80. The zero-order chi connectivity index (χ0) is 19.3. The van der Waals surface area contributed by atoms with E-state index in [9.17, 15) is 14.4 Å². The monoisotopic (exact) mass is 380 g/mol. The van der Waals surface area contributed by atoms with Gasteiger partial charge in [-0.3, -0.25) is 9.69 Å². The van der Waals surface area contributed by atoms with Crippen molar-refractivity contribution in [1.29, 1.82) is 0 Å². The number of hydrogen-bond donors (Lipinski definition) is 2. The topological polar surface area (TPSA) is 95.9 Å². The van der Waals surface area contributed by atoms with Gasteiger partial charge < -0.3 is 15.2 Å².